The number of anilines is 1. The second kappa shape index (κ2) is 7.36. The number of carbonyl (C=O) groups excluding carboxylic acids is 1. The normalized spacial score (nSPS) is 12.0. The van der Waals surface area contributed by atoms with Gasteiger partial charge < -0.3 is 15.2 Å². The van der Waals surface area contributed by atoms with Gasteiger partial charge in [0.15, 0.2) is 0 Å². The number of fused-ring (bicyclic) bond motifs is 1. The van der Waals surface area contributed by atoms with E-state index in [1.165, 1.54) is 0 Å². The van der Waals surface area contributed by atoms with Crippen LogP contribution < -0.4 is 10.1 Å². The third kappa shape index (κ3) is 3.64. The first-order valence-electron chi connectivity index (χ1n) is 8.19. The van der Waals surface area contributed by atoms with Gasteiger partial charge in [0.2, 0.25) is 5.91 Å². The topological polar surface area (TPSA) is 58.6 Å². The molecule has 0 aliphatic carbocycles. The molecule has 0 heterocycles. The quantitative estimate of drug-likeness (QED) is 0.738. The van der Waals surface area contributed by atoms with E-state index in [9.17, 15) is 9.90 Å². The van der Waals surface area contributed by atoms with Crippen LogP contribution in [-0.2, 0) is 11.4 Å². The van der Waals surface area contributed by atoms with E-state index in [0.717, 1.165) is 22.1 Å². The van der Waals surface area contributed by atoms with Crippen molar-refractivity contribution in [2.45, 2.75) is 19.4 Å². The third-order valence-electron chi connectivity index (χ3n) is 4.41. The van der Waals surface area contributed by atoms with Gasteiger partial charge in [-0.05, 0) is 41.5 Å². The molecule has 3 aromatic rings. The zero-order valence-corrected chi connectivity index (χ0v) is 14.3. The van der Waals surface area contributed by atoms with E-state index in [0.29, 0.717) is 11.3 Å². The van der Waals surface area contributed by atoms with Gasteiger partial charge >= 0.3 is 0 Å². The second-order valence-electron chi connectivity index (χ2n) is 6.00. The summed E-state index contributed by atoms with van der Waals surface area (Å²) in [7, 11) is 1.65. The zero-order chi connectivity index (χ0) is 17.8. The average molecular weight is 335 g/mol. The molecule has 0 spiro atoms. The van der Waals surface area contributed by atoms with Crippen LogP contribution >= 0.6 is 0 Å². The third-order valence-corrected chi connectivity index (χ3v) is 4.41. The number of aliphatic hydroxyl groups is 1. The van der Waals surface area contributed by atoms with E-state index in [2.05, 4.69) is 5.32 Å². The van der Waals surface area contributed by atoms with Gasteiger partial charge in [-0.1, -0.05) is 42.5 Å². The number of ether oxygens (including phenoxy) is 1. The van der Waals surface area contributed by atoms with E-state index >= 15 is 0 Å². The molecule has 0 radical (unpaired) electrons. The van der Waals surface area contributed by atoms with Gasteiger partial charge in [0, 0.05) is 11.3 Å². The summed E-state index contributed by atoms with van der Waals surface area (Å²) in [6.45, 7) is 1.77. The fourth-order valence-corrected chi connectivity index (χ4v) is 2.81. The maximum absolute atomic E-state index is 12.6. The molecule has 1 unspecified atom stereocenters. The Bertz CT molecular complexity index is 905. The molecule has 3 aromatic carbocycles. The number of nitrogens with one attached hydrogen (secondary N) is 1. The average Bonchev–Trinajstić information content (AvgIpc) is 2.66. The highest BCUT2D eigenvalue weighted by Crippen LogP contribution is 2.26. The van der Waals surface area contributed by atoms with Crippen LogP contribution in [0, 0.1) is 0 Å². The molecule has 1 amide bonds. The molecule has 4 nitrogen and oxygen atoms in total. The Morgan fingerprint density at radius 1 is 1.08 bits per heavy atom. The lowest BCUT2D eigenvalue weighted by Crippen LogP contribution is -2.19. The summed E-state index contributed by atoms with van der Waals surface area (Å²) in [5.74, 6) is 0.402. The van der Waals surface area contributed by atoms with Crippen molar-refractivity contribution >= 4 is 22.4 Å². The molecule has 0 aliphatic rings. The summed E-state index contributed by atoms with van der Waals surface area (Å²) in [5, 5.41) is 14.4. The van der Waals surface area contributed by atoms with Gasteiger partial charge in [0.1, 0.15) is 5.75 Å². The van der Waals surface area contributed by atoms with Crippen molar-refractivity contribution in [1.29, 1.82) is 0 Å². The van der Waals surface area contributed by atoms with E-state index in [1.807, 2.05) is 55.5 Å². The molecular weight excluding hydrogens is 314 g/mol. The van der Waals surface area contributed by atoms with Crippen molar-refractivity contribution < 1.29 is 14.6 Å². The van der Waals surface area contributed by atoms with Crippen molar-refractivity contribution in [3.63, 3.8) is 0 Å². The molecule has 4 heteroatoms. The molecule has 0 saturated heterocycles. The van der Waals surface area contributed by atoms with Crippen LogP contribution in [0.5, 0.6) is 5.75 Å². The van der Waals surface area contributed by atoms with Crippen LogP contribution in [0.3, 0.4) is 0 Å². The first-order chi connectivity index (χ1) is 12.1. The fraction of sp³-hybridized carbons (Fsp3) is 0.190. The van der Waals surface area contributed by atoms with Gasteiger partial charge in [-0.3, -0.25) is 4.79 Å². The highest BCUT2D eigenvalue weighted by atomic mass is 16.5. The number of hydrogen-bond acceptors (Lipinski definition) is 3. The minimum absolute atomic E-state index is 0.103. The molecule has 1 atom stereocenters. The van der Waals surface area contributed by atoms with E-state index in [1.54, 1.807) is 19.2 Å². The summed E-state index contributed by atoms with van der Waals surface area (Å²) >= 11 is 0. The number of rotatable bonds is 5. The van der Waals surface area contributed by atoms with Gasteiger partial charge in [-0.25, -0.2) is 0 Å². The Hall–Kier alpha value is -2.85. The summed E-state index contributed by atoms with van der Waals surface area (Å²) < 4.78 is 5.24. The first kappa shape index (κ1) is 17.0. The van der Waals surface area contributed by atoms with Crippen LogP contribution in [-0.4, -0.2) is 18.1 Å². The number of aliphatic hydroxyl groups excluding tert-OH is 1. The largest absolute Gasteiger partial charge is 0.497 e. The standard InChI is InChI=1S/C21H21NO3/c1-14(21(24)22-20-6-4-3-5-18(20)13-23)15-7-8-17-12-19(25-2)10-9-16(17)11-15/h3-12,14,23H,13H2,1-2H3,(H,22,24). The van der Waals surface area contributed by atoms with Crippen LogP contribution in [0.1, 0.15) is 24.0 Å². The Kier molecular flexibility index (Phi) is 5.00. The lowest BCUT2D eigenvalue weighted by Gasteiger charge is -2.15. The highest BCUT2D eigenvalue weighted by Gasteiger charge is 2.17. The Labute approximate surface area is 147 Å². The molecule has 128 valence electrons. The molecule has 0 bridgehead atoms. The lowest BCUT2D eigenvalue weighted by molar-refractivity contribution is -0.117. The number of hydrogen-bond donors (Lipinski definition) is 2. The van der Waals surface area contributed by atoms with E-state index in [4.69, 9.17) is 4.74 Å². The predicted molar refractivity (Wildman–Crippen MR) is 99.9 cm³/mol. The molecule has 0 fully saturated rings. The van der Waals surface area contributed by atoms with E-state index in [-0.39, 0.29) is 18.4 Å². The number of para-hydroxylation sites is 1. The lowest BCUT2D eigenvalue weighted by atomic mass is 9.96. The monoisotopic (exact) mass is 335 g/mol. The van der Waals surface area contributed by atoms with Crippen LogP contribution in [0.2, 0.25) is 0 Å². The van der Waals surface area contributed by atoms with Crippen LogP contribution in [0.4, 0.5) is 5.69 Å². The van der Waals surface area contributed by atoms with Gasteiger partial charge in [0.05, 0.1) is 19.6 Å². The van der Waals surface area contributed by atoms with Crippen molar-refractivity contribution in [3.05, 3.63) is 71.8 Å². The summed E-state index contributed by atoms with van der Waals surface area (Å²) in [4.78, 5) is 12.6. The molecule has 0 aliphatic heterocycles. The van der Waals surface area contributed by atoms with Crippen LogP contribution in [0.25, 0.3) is 10.8 Å². The minimum Gasteiger partial charge on any atom is -0.497 e. The Balaban J connectivity index is 1.83. The van der Waals surface area contributed by atoms with Gasteiger partial charge in [0.25, 0.3) is 0 Å². The molecule has 2 N–H and O–H groups in total. The second-order valence-corrected chi connectivity index (χ2v) is 6.00. The van der Waals surface area contributed by atoms with Crippen molar-refractivity contribution in [2.75, 3.05) is 12.4 Å². The summed E-state index contributed by atoms with van der Waals surface area (Å²) in [6, 6.07) is 19.1. The molecule has 0 aromatic heterocycles. The smallest absolute Gasteiger partial charge is 0.231 e. The van der Waals surface area contributed by atoms with Crippen molar-refractivity contribution in [3.8, 4) is 5.75 Å². The molecule has 0 saturated carbocycles. The van der Waals surface area contributed by atoms with Crippen molar-refractivity contribution in [1.82, 2.24) is 0 Å². The Morgan fingerprint density at radius 2 is 1.80 bits per heavy atom. The van der Waals surface area contributed by atoms with Gasteiger partial charge in [-0.2, -0.15) is 0 Å². The predicted octanol–water partition coefficient (Wildman–Crippen LogP) is 4.08. The SMILES string of the molecule is COc1ccc2cc(C(C)C(=O)Nc3ccccc3CO)ccc2c1. The minimum atomic E-state index is -0.307. The summed E-state index contributed by atoms with van der Waals surface area (Å²) in [5.41, 5.74) is 2.29. The maximum atomic E-state index is 12.6. The first-order valence-corrected chi connectivity index (χ1v) is 8.19. The highest BCUT2D eigenvalue weighted by molar-refractivity contribution is 5.97. The fourth-order valence-electron chi connectivity index (χ4n) is 2.81. The molecule has 25 heavy (non-hydrogen) atoms. The number of benzene rings is 3. The Morgan fingerprint density at radius 3 is 2.56 bits per heavy atom. The summed E-state index contributed by atoms with van der Waals surface area (Å²) in [6.07, 6.45) is 0. The number of methoxy groups -OCH3 is 1. The van der Waals surface area contributed by atoms with Crippen molar-refractivity contribution in [2.24, 2.45) is 0 Å². The zero-order valence-electron chi connectivity index (χ0n) is 14.3. The molecule has 3 rings (SSSR count). The molecular formula is C21H21NO3. The van der Waals surface area contributed by atoms with E-state index < -0.39 is 0 Å². The van der Waals surface area contributed by atoms with Crippen LogP contribution in [0.15, 0.2) is 60.7 Å². The maximum Gasteiger partial charge on any atom is 0.231 e. The van der Waals surface area contributed by atoms with Gasteiger partial charge in [-0.15, -0.1) is 0 Å². The number of amides is 1. The number of carbonyl (C=O) groups is 1.